The summed E-state index contributed by atoms with van der Waals surface area (Å²) in [7, 11) is 0. The summed E-state index contributed by atoms with van der Waals surface area (Å²) in [5, 5.41) is 4.83. The van der Waals surface area contributed by atoms with Gasteiger partial charge in [-0.2, -0.15) is 18.3 Å². The molecular formula is C12H10F3N3O2S. The van der Waals surface area contributed by atoms with Gasteiger partial charge in [-0.25, -0.2) is 5.43 Å². The Morgan fingerprint density at radius 3 is 2.43 bits per heavy atom. The third-order valence-corrected chi connectivity index (χ3v) is 3.10. The number of benzene rings is 1. The van der Waals surface area contributed by atoms with Crippen LogP contribution in [0.1, 0.15) is 18.4 Å². The van der Waals surface area contributed by atoms with Crippen molar-refractivity contribution in [1.82, 2.24) is 5.43 Å². The summed E-state index contributed by atoms with van der Waals surface area (Å²) < 4.78 is 36.0. The first-order chi connectivity index (χ1) is 9.83. The van der Waals surface area contributed by atoms with Gasteiger partial charge in [0.1, 0.15) is 0 Å². The molecule has 0 radical (unpaired) electrons. The second-order valence-electron chi connectivity index (χ2n) is 4.13. The monoisotopic (exact) mass is 317 g/mol. The van der Waals surface area contributed by atoms with Crippen LogP contribution in [0.5, 0.6) is 0 Å². The van der Waals surface area contributed by atoms with Crippen molar-refractivity contribution in [1.29, 1.82) is 0 Å². The lowest BCUT2D eigenvalue weighted by Gasteiger charge is -2.12. The van der Waals surface area contributed by atoms with E-state index in [4.69, 9.17) is 0 Å². The van der Waals surface area contributed by atoms with E-state index in [1.807, 2.05) is 0 Å². The number of rotatable bonds is 2. The van der Waals surface area contributed by atoms with Crippen LogP contribution in [0.25, 0.3) is 0 Å². The number of thioether (sulfide) groups is 1. The lowest BCUT2D eigenvalue weighted by molar-refractivity contribution is -0.121. The van der Waals surface area contributed by atoms with Crippen LogP contribution in [0.2, 0.25) is 0 Å². The van der Waals surface area contributed by atoms with Crippen LogP contribution in [0.4, 0.5) is 23.7 Å². The first kappa shape index (κ1) is 15.4. The summed E-state index contributed by atoms with van der Waals surface area (Å²) in [4.78, 5) is 22.1. The van der Waals surface area contributed by atoms with Crippen molar-refractivity contribution in [2.45, 2.75) is 18.3 Å². The molecule has 1 aliphatic rings. The standard InChI is InChI=1S/C12H10F3N3O2S/c13-12(14,15)21-11(20)16-8-3-1-7(2-4-8)9-5-6-10(19)18-17-9/h1-4H,5-6H2,(H,16,20)(H,18,19). The van der Waals surface area contributed by atoms with Gasteiger partial charge in [0.25, 0.3) is 5.24 Å². The van der Waals surface area contributed by atoms with E-state index in [-0.39, 0.29) is 11.6 Å². The summed E-state index contributed by atoms with van der Waals surface area (Å²) in [6.45, 7) is 0. The maximum Gasteiger partial charge on any atom is 0.450 e. The van der Waals surface area contributed by atoms with Gasteiger partial charge in [0.05, 0.1) is 5.71 Å². The van der Waals surface area contributed by atoms with Gasteiger partial charge in [0, 0.05) is 30.3 Å². The first-order valence-electron chi connectivity index (χ1n) is 5.86. The summed E-state index contributed by atoms with van der Waals surface area (Å²) in [5.41, 5.74) is -0.596. The molecule has 0 unspecified atom stereocenters. The minimum atomic E-state index is -4.61. The molecule has 112 valence electrons. The molecule has 0 fully saturated rings. The van der Waals surface area contributed by atoms with Crippen molar-refractivity contribution in [2.75, 3.05) is 5.32 Å². The lowest BCUT2D eigenvalue weighted by Crippen LogP contribution is -2.25. The highest BCUT2D eigenvalue weighted by Crippen LogP contribution is 2.31. The fourth-order valence-electron chi connectivity index (χ4n) is 1.68. The molecule has 2 N–H and O–H groups in total. The maximum atomic E-state index is 12.0. The molecule has 0 aliphatic carbocycles. The van der Waals surface area contributed by atoms with E-state index in [9.17, 15) is 22.8 Å². The number of hydrazone groups is 1. The smallest absolute Gasteiger partial charge is 0.317 e. The molecule has 1 aliphatic heterocycles. The van der Waals surface area contributed by atoms with Crippen molar-refractivity contribution in [3.63, 3.8) is 0 Å². The van der Waals surface area contributed by atoms with Crippen LogP contribution in [0, 0.1) is 0 Å². The molecule has 1 heterocycles. The summed E-state index contributed by atoms with van der Waals surface area (Å²) in [6, 6.07) is 6.18. The molecule has 0 bridgehead atoms. The van der Waals surface area contributed by atoms with Gasteiger partial charge in [-0.15, -0.1) is 0 Å². The average Bonchev–Trinajstić information content (AvgIpc) is 2.38. The molecule has 9 heteroatoms. The highest BCUT2D eigenvalue weighted by Gasteiger charge is 2.32. The zero-order valence-corrected chi connectivity index (χ0v) is 11.3. The average molecular weight is 317 g/mol. The van der Waals surface area contributed by atoms with Crippen molar-refractivity contribution in [2.24, 2.45) is 5.10 Å². The van der Waals surface area contributed by atoms with Crippen LogP contribution < -0.4 is 10.7 Å². The Morgan fingerprint density at radius 1 is 1.24 bits per heavy atom. The highest BCUT2D eigenvalue weighted by molar-refractivity contribution is 8.14. The van der Waals surface area contributed by atoms with Crippen molar-refractivity contribution >= 4 is 34.3 Å². The molecule has 1 aromatic carbocycles. The minimum absolute atomic E-state index is 0.160. The molecule has 2 rings (SSSR count). The summed E-state index contributed by atoms with van der Waals surface area (Å²) in [5.74, 6) is -0.160. The predicted octanol–water partition coefficient (Wildman–Crippen LogP) is 3.09. The van der Waals surface area contributed by atoms with E-state index in [1.54, 1.807) is 12.1 Å². The van der Waals surface area contributed by atoms with Gasteiger partial charge in [0.15, 0.2) is 0 Å². The number of carbonyl (C=O) groups excluding carboxylic acids is 2. The van der Waals surface area contributed by atoms with Gasteiger partial charge < -0.3 is 5.32 Å². The molecule has 0 spiro atoms. The topological polar surface area (TPSA) is 70.6 Å². The van der Waals surface area contributed by atoms with E-state index < -0.39 is 22.5 Å². The zero-order chi connectivity index (χ0) is 15.5. The van der Waals surface area contributed by atoms with Crippen LogP contribution in [0.15, 0.2) is 29.4 Å². The third-order valence-electron chi connectivity index (χ3n) is 2.58. The first-order valence-corrected chi connectivity index (χ1v) is 6.68. The SMILES string of the molecule is O=C1CCC(c2ccc(NC(=O)SC(F)(F)F)cc2)=NN1. The molecule has 5 nitrogen and oxygen atoms in total. The predicted molar refractivity (Wildman–Crippen MR) is 73.0 cm³/mol. The Balaban J connectivity index is 1.99. The molecule has 0 saturated carbocycles. The molecule has 0 saturated heterocycles. The van der Waals surface area contributed by atoms with Gasteiger partial charge in [-0.3, -0.25) is 9.59 Å². The number of nitrogens with one attached hydrogen (secondary N) is 2. The second-order valence-corrected chi connectivity index (χ2v) is 5.17. The highest BCUT2D eigenvalue weighted by atomic mass is 32.2. The molecular weight excluding hydrogens is 307 g/mol. The largest absolute Gasteiger partial charge is 0.450 e. The van der Waals surface area contributed by atoms with E-state index in [0.29, 0.717) is 18.6 Å². The third kappa shape index (κ3) is 4.78. The van der Waals surface area contributed by atoms with Crippen LogP contribution in [-0.2, 0) is 4.79 Å². The van der Waals surface area contributed by atoms with Crippen LogP contribution >= 0.6 is 11.8 Å². The number of alkyl halides is 3. The normalized spacial score (nSPS) is 15.2. The lowest BCUT2D eigenvalue weighted by atomic mass is 10.0. The number of hydrogen-bond acceptors (Lipinski definition) is 4. The van der Waals surface area contributed by atoms with Gasteiger partial charge in [0.2, 0.25) is 5.91 Å². The van der Waals surface area contributed by atoms with Gasteiger partial charge in [-0.1, -0.05) is 12.1 Å². The van der Waals surface area contributed by atoms with E-state index in [1.165, 1.54) is 12.1 Å². The number of carbonyl (C=O) groups is 2. The Hall–Kier alpha value is -2.03. The van der Waals surface area contributed by atoms with E-state index >= 15 is 0 Å². The quantitative estimate of drug-likeness (QED) is 0.880. The molecule has 0 atom stereocenters. The molecule has 2 amide bonds. The Bertz CT molecular complexity index is 584. The van der Waals surface area contributed by atoms with Gasteiger partial charge in [-0.05, 0) is 17.7 Å². The summed E-state index contributed by atoms with van der Waals surface area (Å²) >= 11 is -0.737. The van der Waals surface area contributed by atoms with Crippen molar-refractivity contribution in [3.8, 4) is 0 Å². The fourth-order valence-corrected chi connectivity index (χ4v) is 2.06. The molecule has 0 aromatic heterocycles. The zero-order valence-electron chi connectivity index (χ0n) is 10.5. The summed E-state index contributed by atoms with van der Waals surface area (Å²) in [6.07, 6.45) is 0.820. The van der Waals surface area contributed by atoms with Crippen LogP contribution in [0.3, 0.4) is 0 Å². The van der Waals surface area contributed by atoms with Crippen LogP contribution in [-0.4, -0.2) is 22.4 Å². The Labute approximate surface area is 122 Å². The molecule has 1 aromatic rings. The Morgan fingerprint density at radius 2 is 1.90 bits per heavy atom. The molecule has 21 heavy (non-hydrogen) atoms. The van der Waals surface area contributed by atoms with E-state index in [2.05, 4.69) is 15.8 Å². The maximum absolute atomic E-state index is 12.0. The van der Waals surface area contributed by atoms with Gasteiger partial charge >= 0.3 is 5.51 Å². The number of anilines is 1. The van der Waals surface area contributed by atoms with Crippen molar-refractivity contribution < 1.29 is 22.8 Å². The number of halogens is 3. The number of amides is 2. The number of hydrogen-bond donors (Lipinski definition) is 2. The van der Waals surface area contributed by atoms with Crippen molar-refractivity contribution in [3.05, 3.63) is 29.8 Å². The van der Waals surface area contributed by atoms with E-state index in [0.717, 1.165) is 5.56 Å². The second kappa shape index (κ2) is 6.17. The number of nitrogens with zero attached hydrogens (tertiary/aromatic N) is 1. The Kier molecular flexibility index (Phi) is 4.51. The minimum Gasteiger partial charge on any atom is -0.317 e. The fraction of sp³-hybridized carbons (Fsp3) is 0.250.